The normalized spacial score (nSPS) is 25.8. The number of carbonyl (C=O) groups is 2. The van der Waals surface area contributed by atoms with Gasteiger partial charge in [0.25, 0.3) is 0 Å². The standard InChI is InChI=1S/C24H40ClNO4/c1-5-6-15-24(3,4)22(29)14-13-19-18(20(25)16-21(19)28)11-9-7-8-10-12-23(30)26-17(2)27/h10,12-14,18-22,28-29H,5-9,11,15-16H2,1-4H3,(H,26,27,30)/t18-,19-,20-,21-,22-/m1/s1. The number of imide groups is 1. The molecule has 0 bridgehead atoms. The van der Waals surface area contributed by atoms with Gasteiger partial charge in [-0.2, -0.15) is 0 Å². The first kappa shape index (κ1) is 26.9. The summed E-state index contributed by atoms with van der Waals surface area (Å²) in [5, 5.41) is 23.2. The van der Waals surface area contributed by atoms with Crippen molar-refractivity contribution in [1.29, 1.82) is 0 Å². The summed E-state index contributed by atoms with van der Waals surface area (Å²) in [5.41, 5.74) is -0.188. The van der Waals surface area contributed by atoms with Crippen LogP contribution < -0.4 is 5.32 Å². The van der Waals surface area contributed by atoms with Gasteiger partial charge in [0.15, 0.2) is 0 Å². The summed E-state index contributed by atoms with van der Waals surface area (Å²) in [7, 11) is 0. The van der Waals surface area contributed by atoms with E-state index >= 15 is 0 Å². The molecule has 5 atom stereocenters. The van der Waals surface area contributed by atoms with Crippen molar-refractivity contribution in [2.75, 3.05) is 0 Å². The summed E-state index contributed by atoms with van der Waals surface area (Å²) < 4.78 is 0. The molecule has 30 heavy (non-hydrogen) atoms. The van der Waals surface area contributed by atoms with E-state index in [4.69, 9.17) is 11.6 Å². The molecule has 2 amide bonds. The molecule has 0 aromatic heterocycles. The fourth-order valence-corrected chi connectivity index (χ4v) is 4.53. The van der Waals surface area contributed by atoms with E-state index in [0.29, 0.717) is 6.42 Å². The molecule has 1 aliphatic rings. The topological polar surface area (TPSA) is 86.6 Å². The molecule has 3 N–H and O–H groups in total. The van der Waals surface area contributed by atoms with Crippen molar-refractivity contribution in [3.05, 3.63) is 24.3 Å². The van der Waals surface area contributed by atoms with Crippen LogP contribution >= 0.6 is 11.6 Å². The molecule has 0 radical (unpaired) electrons. The molecule has 1 rings (SSSR count). The lowest BCUT2D eigenvalue weighted by Gasteiger charge is -2.29. The first-order chi connectivity index (χ1) is 14.1. The lowest BCUT2D eigenvalue weighted by molar-refractivity contribution is -0.126. The lowest BCUT2D eigenvalue weighted by atomic mass is 9.80. The molecule has 172 valence electrons. The minimum absolute atomic E-state index is 0.0407. The number of hydrogen-bond donors (Lipinski definition) is 3. The zero-order valence-corrected chi connectivity index (χ0v) is 19.7. The number of amides is 2. The highest BCUT2D eigenvalue weighted by Gasteiger charge is 2.39. The highest BCUT2D eigenvalue weighted by atomic mass is 35.5. The third kappa shape index (κ3) is 9.32. The zero-order valence-electron chi connectivity index (χ0n) is 18.9. The predicted molar refractivity (Wildman–Crippen MR) is 122 cm³/mol. The van der Waals surface area contributed by atoms with E-state index < -0.39 is 18.1 Å². The average Bonchev–Trinajstić information content (AvgIpc) is 2.92. The van der Waals surface area contributed by atoms with Crippen molar-refractivity contribution >= 4 is 23.4 Å². The molecule has 1 saturated carbocycles. The van der Waals surface area contributed by atoms with Crippen LogP contribution in [0.5, 0.6) is 0 Å². The number of unbranched alkanes of at least 4 members (excludes halogenated alkanes) is 3. The molecule has 5 nitrogen and oxygen atoms in total. The second-order valence-electron chi connectivity index (χ2n) is 9.21. The van der Waals surface area contributed by atoms with Gasteiger partial charge in [0, 0.05) is 18.2 Å². The van der Waals surface area contributed by atoms with Crippen LogP contribution in [-0.4, -0.2) is 39.6 Å². The van der Waals surface area contributed by atoms with E-state index in [0.717, 1.165) is 44.9 Å². The number of nitrogens with one attached hydrogen (secondary N) is 1. The molecule has 0 aromatic rings. The monoisotopic (exact) mass is 441 g/mol. The first-order valence-corrected chi connectivity index (χ1v) is 11.7. The van der Waals surface area contributed by atoms with E-state index in [1.165, 1.54) is 13.0 Å². The second kappa shape index (κ2) is 13.3. The fraction of sp³-hybridized carbons (Fsp3) is 0.750. The maximum Gasteiger partial charge on any atom is 0.250 e. The summed E-state index contributed by atoms with van der Waals surface area (Å²) in [6.07, 6.45) is 13.2. The molecular formula is C24H40ClNO4. The van der Waals surface area contributed by atoms with Crippen LogP contribution in [-0.2, 0) is 9.59 Å². The highest BCUT2D eigenvalue weighted by Crippen LogP contribution is 2.40. The van der Waals surface area contributed by atoms with E-state index in [-0.39, 0.29) is 28.5 Å². The SMILES string of the molecule is CCCCC(C)(C)[C@H](O)C=C[C@@H]1[C@@H](CCCCC=CC(=O)NC(C)=O)[C@H](Cl)C[C@H]1O. The van der Waals surface area contributed by atoms with Gasteiger partial charge in [0.1, 0.15) is 0 Å². The van der Waals surface area contributed by atoms with Crippen LogP contribution in [0.2, 0.25) is 0 Å². The number of hydrogen-bond acceptors (Lipinski definition) is 4. The maximum absolute atomic E-state index is 11.4. The summed E-state index contributed by atoms with van der Waals surface area (Å²) in [5.74, 6) is -0.627. The Labute approximate surface area is 187 Å². The number of allylic oxidation sites excluding steroid dienone is 1. The Kier molecular flexibility index (Phi) is 11.9. The third-order valence-corrected chi connectivity index (χ3v) is 6.59. The Bertz CT molecular complexity index is 602. The van der Waals surface area contributed by atoms with Gasteiger partial charge in [-0.3, -0.25) is 14.9 Å². The van der Waals surface area contributed by atoms with Gasteiger partial charge < -0.3 is 10.2 Å². The van der Waals surface area contributed by atoms with E-state index in [9.17, 15) is 19.8 Å². The number of aliphatic hydroxyl groups excluding tert-OH is 2. The predicted octanol–water partition coefficient (Wildman–Crippen LogP) is 4.50. The first-order valence-electron chi connectivity index (χ1n) is 11.2. The summed E-state index contributed by atoms with van der Waals surface area (Å²) >= 11 is 6.52. The van der Waals surface area contributed by atoms with Crippen molar-refractivity contribution in [1.82, 2.24) is 5.32 Å². The minimum atomic E-state index is -0.544. The van der Waals surface area contributed by atoms with Crippen LogP contribution in [0.25, 0.3) is 0 Å². The summed E-state index contributed by atoms with van der Waals surface area (Å²) in [6.45, 7) is 7.61. The Hall–Kier alpha value is -1.17. The number of aliphatic hydroxyl groups is 2. The van der Waals surface area contributed by atoms with Gasteiger partial charge in [-0.05, 0) is 49.5 Å². The number of alkyl halides is 1. The van der Waals surface area contributed by atoms with Gasteiger partial charge in [-0.1, -0.05) is 58.3 Å². The van der Waals surface area contributed by atoms with Gasteiger partial charge in [0.05, 0.1) is 12.2 Å². The lowest BCUT2D eigenvalue weighted by Crippen LogP contribution is -2.28. The molecule has 6 heteroatoms. The smallest absolute Gasteiger partial charge is 0.250 e. The van der Waals surface area contributed by atoms with Crippen molar-refractivity contribution in [2.24, 2.45) is 17.3 Å². The van der Waals surface area contributed by atoms with E-state index in [2.05, 4.69) is 26.1 Å². The molecule has 0 saturated heterocycles. The Morgan fingerprint density at radius 1 is 1.27 bits per heavy atom. The minimum Gasteiger partial charge on any atom is -0.392 e. The Morgan fingerprint density at radius 2 is 1.97 bits per heavy atom. The highest BCUT2D eigenvalue weighted by molar-refractivity contribution is 6.21. The quantitative estimate of drug-likeness (QED) is 0.180. The van der Waals surface area contributed by atoms with Crippen molar-refractivity contribution in [2.45, 2.75) is 96.6 Å². The number of halogens is 1. The van der Waals surface area contributed by atoms with Crippen molar-refractivity contribution in [3.63, 3.8) is 0 Å². The van der Waals surface area contributed by atoms with Crippen LogP contribution in [0.1, 0.15) is 79.1 Å². The molecule has 0 aromatic carbocycles. The molecule has 1 aliphatic carbocycles. The van der Waals surface area contributed by atoms with Gasteiger partial charge >= 0.3 is 0 Å². The molecular weight excluding hydrogens is 402 g/mol. The largest absolute Gasteiger partial charge is 0.392 e. The van der Waals surface area contributed by atoms with Crippen LogP contribution in [0.4, 0.5) is 0 Å². The Balaban J connectivity index is 2.53. The van der Waals surface area contributed by atoms with Gasteiger partial charge in [0.2, 0.25) is 11.8 Å². The Morgan fingerprint density at radius 3 is 2.60 bits per heavy atom. The molecule has 0 aliphatic heterocycles. The summed E-state index contributed by atoms with van der Waals surface area (Å²) in [6, 6.07) is 0. The average molecular weight is 442 g/mol. The van der Waals surface area contributed by atoms with Gasteiger partial charge in [-0.15, -0.1) is 11.6 Å². The summed E-state index contributed by atoms with van der Waals surface area (Å²) in [4.78, 5) is 22.2. The second-order valence-corrected chi connectivity index (χ2v) is 9.77. The number of carbonyl (C=O) groups excluding carboxylic acids is 2. The van der Waals surface area contributed by atoms with E-state index in [1.807, 2.05) is 12.2 Å². The van der Waals surface area contributed by atoms with E-state index in [1.54, 1.807) is 6.08 Å². The maximum atomic E-state index is 11.4. The van der Waals surface area contributed by atoms with Crippen LogP contribution in [0.15, 0.2) is 24.3 Å². The van der Waals surface area contributed by atoms with Crippen LogP contribution in [0.3, 0.4) is 0 Å². The third-order valence-electron chi connectivity index (χ3n) is 6.09. The van der Waals surface area contributed by atoms with Crippen molar-refractivity contribution in [3.8, 4) is 0 Å². The molecule has 1 fully saturated rings. The van der Waals surface area contributed by atoms with Crippen LogP contribution in [0, 0.1) is 17.3 Å². The fourth-order valence-electron chi connectivity index (χ4n) is 4.06. The number of rotatable bonds is 12. The molecule has 0 unspecified atom stereocenters. The van der Waals surface area contributed by atoms with Gasteiger partial charge in [-0.25, -0.2) is 0 Å². The van der Waals surface area contributed by atoms with Crippen molar-refractivity contribution < 1.29 is 19.8 Å². The molecule has 0 spiro atoms. The zero-order chi connectivity index (χ0) is 22.7. The molecule has 0 heterocycles.